The molecular formula is C14H19BrO. The van der Waals surface area contributed by atoms with Crippen LogP contribution in [0.15, 0.2) is 36.4 Å². The minimum absolute atomic E-state index is 0.911. The molecule has 0 saturated heterocycles. The number of allylic oxidation sites excluding steroid dienone is 1. The molecule has 0 saturated carbocycles. The molecule has 0 aliphatic carbocycles. The van der Waals surface area contributed by atoms with Crippen molar-refractivity contribution in [3.05, 3.63) is 42.0 Å². The van der Waals surface area contributed by atoms with E-state index in [0.717, 1.165) is 23.9 Å². The van der Waals surface area contributed by atoms with Gasteiger partial charge in [0.05, 0.1) is 7.11 Å². The van der Waals surface area contributed by atoms with E-state index in [1.807, 2.05) is 12.1 Å². The van der Waals surface area contributed by atoms with Crippen LogP contribution in [0.5, 0.6) is 5.75 Å². The lowest BCUT2D eigenvalue weighted by Crippen LogP contribution is -1.91. The van der Waals surface area contributed by atoms with Crippen molar-refractivity contribution in [3.63, 3.8) is 0 Å². The summed E-state index contributed by atoms with van der Waals surface area (Å²) in [6, 6.07) is 8.21. The highest BCUT2D eigenvalue weighted by atomic mass is 79.9. The Bertz CT molecular complexity index is 316. The van der Waals surface area contributed by atoms with Gasteiger partial charge in [-0.3, -0.25) is 0 Å². The molecule has 88 valence electrons. The second-order valence-electron chi connectivity index (χ2n) is 3.92. The lowest BCUT2D eigenvalue weighted by atomic mass is 10.0. The smallest absolute Gasteiger partial charge is 0.118 e. The van der Waals surface area contributed by atoms with Crippen molar-refractivity contribution in [1.82, 2.24) is 0 Å². The number of methoxy groups -OCH3 is 1. The SMILES string of the molecule is C=C(CCCCBr)Cc1ccc(OC)cc1. The quantitative estimate of drug-likeness (QED) is 0.410. The van der Waals surface area contributed by atoms with Crippen LogP contribution in [-0.4, -0.2) is 12.4 Å². The normalized spacial score (nSPS) is 10.1. The summed E-state index contributed by atoms with van der Waals surface area (Å²) in [6.45, 7) is 4.12. The van der Waals surface area contributed by atoms with Gasteiger partial charge in [0.15, 0.2) is 0 Å². The van der Waals surface area contributed by atoms with Crippen LogP contribution in [0, 0.1) is 0 Å². The summed E-state index contributed by atoms with van der Waals surface area (Å²) in [4.78, 5) is 0. The van der Waals surface area contributed by atoms with Crippen molar-refractivity contribution in [2.45, 2.75) is 25.7 Å². The minimum atomic E-state index is 0.911. The molecule has 1 nitrogen and oxygen atoms in total. The van der Waals surface area contributed by atoms with Crippen molar-refractivity contribution >= 4 is 15.9 Å². The zero-order valence-corrected chi connectivity index (χ0v) is 11.4. The van der Waals surface area contributed by atoms with Crippen LogP contribution in [-0.2, 0) is 6.42 Å². The molecule has 0 N–H and O–H groups in total. The third kappa shape index (κ3) is 4.84. The molecule has 2 heteroatoms. The standard InChI is InChI=1S/C14H19BrO/c1-12(5-3-4-10-15)11-13-6-8-14(16-2)9-7-13/h6-9H,1,3-5,10-11H2,2H3. The Kier molecular flexibility index (Phi) is 6.24. The number of benzene rings is 1. The zero-order chi connectivity index (χ0) is 11.8. The van der Waals surface area contributed by atoms with Gasteiger partial charge in [0.1, 0.15) is 5.75 Å². The maximum atomic E-state index is 5.13. The number of alkyl halides is 1. The van der Waals surface area contributed by atoms with E-state index in [1.54, 1.807) is 7.11 Å². The fourth-order valence-corrected chi connectivity index (χ4v) is 1.99. The van der Waals surface area contributed by atoms with Crippen LogP contribution < -0.4 is 4.74 Å². The molecule has 0 unspecified atom stereocenters. The number of ether oxygens (including phenoxy) is 1. The lowest BCUT2D eigenvalue weighted by molar-refractivity contribution is 0.414. The van der Waals surface area contributed by atoms with Crippen LogP contribution in [0.1, 0.15) is 24.8 Å². The molecule has 0 aromatic heterocycles. The second-order valence-corrected chi connectivity index (χ2v) is 4.71. The Labute approximate surface area is 107 Å². The summed E-state index contributed by atoms with van der Waals surface area (Å²) in [5, 5.41) is 1.09. The van der Waals surface area contributed by atoms with E-state index in [9.17, 15) is 0 Å². The van der Waals surface area contributed by atoms with Gasteiger partial charge in [0.25, 0.3) is 0 Å². The van der Waals surface area contributed by atoms with Gasteiger partial charge in [-0.15, -0.1) is 0 Å². The number of unbranched alkanes of at least 4 members (excludes halogenated alkanes) is 1. The minimum Gasteiger partial charge on any atom is -0.497 e. The third-order valence-corrected chi connectivity index (χ3v) is 3.09. The Balaban J connectivity index is 2.37. The van der Waals surface area contributed by atoms with Crippen molar-refractivity contribution in [1.29, 1.82) is 0 Å². The highest BCUT2D eigenvalue weighted by molar-refractivity contribution is 9.09. The predicted octanol–water partition coefficient (Wildman–Crippen LogP) is 4.36. The zero-order valence-electron chi connectivity index (χ0n) is 9.84. The van der Waals surface area contributed by atoms with Gasteiger partial charge in [-0.2, -0.15) is 0 Å². The number of rotatable bonds is 7. The first-order chi connectivity index (χ1) is 7.76. The monoisotopic (exact) mass is 282 g/mol. The summed E-state index contributed by atoms with van der Waals surface area (Å²) in [5.74, 6) is 0.911. The van der Waals surface area contributed by atoms with Gasteiger partial charge < -0.3 is 4.74 Å². The lowest BCUT2D eigenvalue weighted by Gasteiger charge is -2.06. The van der Waals surface area contributed by atoms with Crippen LogP contribution in [0.2, 0.25) is 0 Å². The van der Waals surface area contributed by atoms with E-state index in [1.165, 1.54) is 24.0 Å². The maximum Gasteiger partial charge on any atom is 0.118 e. The van der Waals surface area contributed by atoms with Crippen molar-refractivity contribution < 1.29 is 4.74 Å². The average molecular weight is 283 g/mol. The largest absolute Gasteiger partial charge is 0.497 e. The Morgan fingerprint density at radius 2 is 1.94 bits per heavy atom. The van der Waals surface area contributed by atoms with E-state index < -0.39 is 0 Å². The van der Waals surface area contributed by atoms with Crippen LogP contribution in [0.3, 0.4) is 0 Å². The predicted molar refractivity (Wildman–Crippen MR) is 73.5 cm³/mol. The Morgan fingerprint density at radius 3 is 2.50 bits per heavy atom. The van der Waals surface area contributed by atoms with Gasteiger partial charge in [-0.25, -0.2) is 0 Å². The van der Waals surface area contributed by atoms with Crippen molar-refractivity contribution in [2.75, 3.05) is 12.4 Å². The number of hydrogen-bond acceptors (Lipinski definition) is 1. The van der Waals surface area contributed by atoms with E-state index >= 15 is 0 Å². The maximum absolute atomic E-state index is 5.13. The molecule has 0 spiro atoms. The van der Waals surface area contributed by atoms with Crippen LogP contribution in [0.25, 0.3) is 0 Å². The molecule has 0 amide bonds. The summed E-state index contributed by atoms with van der Waals surface area (Å²) >= 11 is 3.44. The molecule has 0 heterocycles. The van der Waals surface area contributed by atoms with E-state index in [-0.39, 0.29) is 0 Å². The average Bonchev–Trinajstić information content (AvgIpc) is 2.30. The van der Waals surface area contributed by atoms with Crippen LogP contribution >= 0.6 is 15.9 Å². The molecule has 0 fully saturated rings. The molecule has 1 aromatic rings. The van der Waals surface area contributed by atoms with Crippen molar-refractivity contribution in [3.8, 4) is 5.75 Å². The van der Waals surface area contributed by atoms with Crippen molar-refractivity contribution in [2.24, 2.45) is 0 Å². The molecule has 1 aromatic carbocycles. The van der Waals surface area contributed by atoms with Gasteiger partial charge >= 0.3 is 0 Å². The summed E-state index contributed by atoms with van der Waals surface area (Å²) < 4.78 is 5.13. The highest BCUT2D eigenvalue weighted by Gasteiger charge is 1.98. The summed E-state index contributed by atoms with van der Waals surface area (Å²) in [5.41, 5.74) is 2.62. The summed E-state index contributed by atoms with van der Waals surface area (Å²) in [7, 11) is 1.69. The number of hydrogen-bond donors (Lipinski definition) is 0. The molecule has 16 heavy (non-hydrogen) atoms. The Hall–Kier alpha value is -0.760. The number of halogens is 1. The molecule has 0 aliphatic rings. The molecule has 0 bridgehead atoms. The van der Waals surface area contributed by atoms with E-state index in [0.29, 0.717) is 0 Å². The third-order valence-electron chi connectivity index (χ3n) is 2.53. The topological polar surface area (TPSA) is 9.23 Å². The van der Waals surface area contributed by atoms with Gasteiger partial charge in [0.2, 0.25) is 0 Å². The van der Waals surface area contributed by atoms with Gasteiger partial charge in [-0.1, -0.05) is 40.2 Å². The van der Waals surface area contributed by atoms with Gasteiger partial charge in [0, 0.05) is 5.33 Å². The second kappa shape index (κ2) is 7.50. The first kappa shape index (κ1) is 13.3. The summed E-state index contributed by atoms with van der Waals surface area (Å²) in [6.07, 6.45) is 4.55. The molecule has 1 rings (SSSR count). The fraction of sp³-hybridized carbons (Fsp3) is 0.429. The van der Waals surface area contributed by atoms with E-state index in [2.05, 4.69) is 34.6 Å². The Morgan fingerprint density at radius 1 is 1.25 bits per heavy atom. The van der Waals surface area contributed by atoms with Gasteiger partial charge in [-0.05, 0) is 43.4 Å². The van der Waals surface area contributed by atoms with Crippen LogP contribution in [0.4, 0.5) is 0 Å². The molecule has 0 atom stereocenters. The molecule has 0 radical (unpaired) electrons. The molecule has 0 aliphatic heterocycles. The fourth-order valence-electron chi connectivity index (χ4n) is 1.59. The molecular weight excluding hydrogens is 264 g/mol. The first-order valence-corrected chi connectivity index (χ1v) is 6.74. The first-order valence-electron chi connectivity index (χ1n) is 5.62. The highest BCUT2D eigenvalue weighted by Crippen LogP contribution is 2.16. The van der Waals surface area contributed by atoms with E-state index in [4.69, 9.17) is 4.74 Å².